The van der Waals surface area contributed by atoms with E-state index in [-0.39, 0.29) is 24.6 Å². The summed E-state index contributed by atoms with van der Waals surface area (Å²) < 4.78 is 4.70. The largest absolute Gasteiger partial charge is 0.469 e. The standard InChI is InChI=1S/C21H23ClN2O4S/c1-28-19(26)7-9-24-8-6-16-18(12-24)29-17(20(16)21(23)27)11-15(25)10-13-2-4-14(22)5-3-13/h2-5H,6-12H2,1H3,(H2,23,27). The van der Waals surface area contributed by atoms with Crippen LogP contribution in [0.1, 0.15) is 37.7 Å². The van der Waals surface area contributed by atoms with Gasteiger partial charge in [-0.1, -0.05) is 23.7 Å². The molecule has 1 aromatic heterocycles. The van der Waals surface area contributed by atoms with E-state index in [4.69, 9.17) is 22.1 Å². The Bertz CT molecular complexity index is 924. The van der Waals surface area contributed by atoms with Gasteiger partial charge in [-0.05, 0) is 29.7 Å². The van der Waals surface area contributed by atoms with Crippen LogP contribution in [-0.4, -0.2) is 42.8 Å². The van der Waals surface area contributed by atoms with Crippen molar-refractivity contribution < 1.29 is 19.1 Å². The smallest absolute Gasteiger partial charge is 0.306 e. The summed E-state index contributed by atoms with van der Waals surface area (Å²) in [5, 5.41) is 0.625. The number of halogens is 1. The Kier molecular flexibility index (Phi) is 7.05. The van der Waals surface area contributed by atoms with Gasteiger partial charge in [0.05, 0.1) is 19.1 Å². The molecular weight excluding hydrogens is 412 g/mol. The Morgan fingerprint density at radius 1 is 1.21 bits per heavy atom. The van der Waals surface area contributed by atoms with Crippen LogP contribution in [0.4, 0.5) is 0 Å². The summed E-state index contributed by atoms with van der Waals surface area (Å²) in [6.07, 6.45) is 1.47. The number of fused-ring (bicyclic) bond motifs is 1. The average molecular weight is 435 g/mol. The molecule has 154 valence electrons. The highest BCUT2D eigenvalue weighted by Crippen LogP contribution is 2.33. The molecule has 2 aromatic rings. The van der Waals surface area contributed by atoms with Gasteiger partial charge < -0.3 is 10.5 Å². The highest BCUT2D eigenvalue weighted by Gasteiger charge is 2.27. The van der Waals surface area contributed by atoms with Crippen LogP contribution in [0, 0.1) is 0 Å². The lowest BCUT2D eigenvalue weighted by Gasteiger charge is -2.26. The normalized spacial score (nSPS) is 13.7. The number of benzene rings is 1. The molecule has 0 spiro atoms. The summed E-state index contributed by atoms with van der Waals surface area (Å²) in [7, 11) is 1.38. The van der Waals surface area contributed by atoms with Crippen molar-refractivity contribution in [1.82, 2.24) is 4.90 Å². The van der Waals surface area contributed by atoms with Crippen molar-refractivity contribution in [3.05, 3.63) is 55.7 Å². The number of carbonyl (C=O) groups excluding carboxylic acids is 3. The van der Waals surface area contributed by atoms with Gasteiger partial charge in [0.25, 0.3) is 0 Å². The molecule has 6 nitrogen and oxygen atoms in total. The van der Waals surface area contributed by atoms with Crippen LogP contribution >= 0.6 is 22.9 Å². The van der Waals surface area contributed by atoms with Gasteiger partial charge in [-0.2, -0.15) is 0 Å². The molecule has 0 saturated heterocycles. The average Bonchev–Trinajstić information content (AvgIpc) is 3.04. The third kappa shape index (κ3) is 5.44. The number of carbonyl (C=O) groups is 3. The van der Waals surface area contributed by atoms with Crippen molar-refractivity contribution in [2.45, 2.75) is 32.2 Å². The SMILES string of the molecule is COC(=O)CCN1CCc2c(sc(CC(=O)Cc3ccc(Cl)cc3)c2C(N)=O)C1. The number of primary amides is 1. The van der Waals surface area contributed by atoms with Crippen molar-refractivity contribution in [1.29, 1.82) is 0 Å². The van der Waals surface area contributed by atoms with Crippen molar-refractivity contribution in [3.63, 3.8) is 0 Å². The van der Waals surface area contributed by atoms with Crippen LogP contribution in [-0.2, 0) is 40.1 Å². The molecule has 1 aromatic carbocycles. The van der Waals surface area contributed by atoms with Crippen molar-refractivity contribution in [3.8, 4) is 0 Å². The number of ketones is 1. The van der Waals surface area contributed by atoms with Gasteiger partial charge in [0.1, 0.15) is 5.78 Å². The lowest BCUT2D eigenvalue weighted by atomic mass is 9.98. The Morgan fingerprint density at radius 2 is 1.93 bits per heavy atom. The number of nitrogens with zero attached hydrogens (tertiary/aromatic N) is 1. The lowest BCUT2D eigenvalue weighted by Crippen LogP contribution is -2.32. The van der Waals surface area contributed by atoms with E-state index in [1.54, 1.807) is 12.1 Å². The highest BCUT2D eigenvalue weighted by molar-refractivity contribution is 7.12. The fourth-order valence-corrected chi connectivity index (χ4v) is 5.09. The molecule has 0 fully saturated rings. The summed E-state index contributed by atoms with van der Waals surface area (Å²) in [6, 6.07) is 7.17. The zero-order valence-electron chi connectivity index (χ0n) is 16.2. The second-order valence-electron chi connectivity index (χ2n) is 7.04. The van der Waals surface area contributed by atoms with E-state index in [1.165, 1.54) is 18.4 Å². The summed E-state index contributed by atoms with van der Waals surface area (Å²) in [5.74, 6) is -0.705. The quantitative estimate of drug-likeness (QED) is 0.645. The number of amides is 1. The first kappa shape index (κ1) is 21.5. The molecule has 0 unspecified atom stereocenters. The fraction of sp³-hybridized carbons (Fsp3) is 0.381. The third-order valence-electron chi connectivity index (χ3n) is 4.99. The fourth-order valence-electron chi connectivity index (χ4n) is 3.54. The molecule has 0 atom stereocenters. The van der Waals surface area contributed by atoms with E-state index >= 15 is 0 Å². The number of hydrogen-bond donors (Lipinski definition) is 1. The number of Topliss-reactive ketones (excluding diaryl/α,β-unsaturated/α-hetero) is 1. The number of thiophene rings is 1. The van der Waals surface area contributed by atoms with E-state index in [0.717, 1.165) is 27.4 Å². The Morgan fingerprint density at radius 3 is 2.59 bits per heavy atom. The van der Waals surface area contributed by atoms with Crippen LogP contribution in [0.5, 0.6) is 0 Å². The van der Waals surface area contributed by atoms with E-state index in [0.29, 0.717) is 36.5 Å². The Hall–Kier alpha value is -2.22. The first-order valence-electron chi connectivity index (χ1n) is 9.36. The maximum Gasteiger partial charge on any atom is 0.306 e. The number of hydrogen-bond acceptors (Lipinski definition) is 6. The minimum absolute atomic E-state index is 0.0240. The Labute approximate surface area is 178 Å². The maximum absolute atomic E-state index is 12.6. The molecule has 1 amide bonds. The van der Waals surface area contributed by atoms with Gasteiger partial charge in [0.15, 0.2) is 0 Å². The topological polar surface area (TPSA) is 89.7 Å². The predicted molar refractivity (Wildman–Crippen MR) is 112 cm³/mol. The van der Waals surface area contributed by atoms with E-state index in [2.05, 4.69) is 4.90 Å². The molecule has 3 rings (SSSR count). The van der Waals surface area contributed by atoms with E-state index in [1.807, 2.05) is 12.1 Å². The van der Waals surface area contributed by atoms with Crippen LogP contribution in [0.25, 0.3) is 0 Å². The molecule has 0 radical (unpaired) electrons. The summed E-state index contributed by atoms with van der Waals surface area (Å²) in [4.78, 5) is 40.0. The van der Waals surface area contributed by atoms with Crippen LogP contribution in [0.2, 0.25) is 5.02 Å². The van der Waals surface area contributed by atoms with Gasteiger partial charge in [0.2, 0.25) is 5.91 Å². The van der Waals surface area contributed by atoms with Gasteiger partial charge in [-0.25, -0.2) is 0 Å². The molecule has 1 aliphatic rings. The van der Waals surface area contributed by atoms with Gasteiger partial charge >= 0.3 is 5.97 Å². The molecule has 0 bridgehead atoms. The second kappa shape index (κ2) is 9.52. The van der Waals surface area contributed by atoms with Crippen LogP contribution < -0.4 is 5.73 Å². The lowest BCUT2D eigenvalue weighted by molar-refractivity contribution is -0.141. The number of esters is 1. The van der Waals surface area contributed by atoms with E-state index in [9.17, 15) is 14.4 Å². The first-order chi connectivity index (χ1) is 13.9. The minimum Gasteiger partial charge on any atom is -0.469 e. The minimum atomic E-state index is -0.486. The highest BCUT2D eigenvalue weighted by atomic mass is 35.5. The molecule has 0 aliphatic carbocycles. The van der Waals surface area contributed by atoms with Crippen LogP contribution in [0.15, 0.2) is 24.3 Å². The maximum atomic E-state index is 12.6. The number of nitrogens with two attached hydrogens (primary N) is 1. The first-order valence-corrected chi connectivity index (χ1v) is 10.6. The Balaban J connectivity index is 1.72. The van der Waals surface area contributed by atoms with Gasteiger partial charge in [-0.15, -0.1) is 11.3 Å². The number of methoxy groups -OCH3 is 1. The molecule has 1 aliphatic heterocycles. The number of rotatable bonds is 8. The molecule has 2 heterocycles. The van der Waals surface area contributed by atoms with E-state index < -0.39 is 5.91 Å². The zero-order valence-corrected chi connectivity index (χ0v) is 17.8. The molecule has 8 heteroatoms. The van der Waals surface area contributed by atoms with Crippen molar-refractivity contribution in [2.75, 3.05) is 20.2 Å². The summed E-state index contributed by atoms with van der Waals surface area (Å²) in [6.45, 7) is 1.97. The zero-order chi connectivity index (χ0) is 21.0. The number of ether oxygens (including phenoxy) is 1. The summed E-state index contributed by atoms with van der Waals surface area (Å²) >= 11 is 7.36. The van der Waals surface area contributed by atoms with Crippen LogP contribution in [0.3, 0.4) is 0 Å². The molecule has 2 N–H and O–H groups in total. The molecule has 0 saturated carbocycles. The third-order valence-corrected chi connectivity index (χ3v) is 6.46. The monoisotopic (exact) mass is 434 g/mol. The van der Waals surface area contributed by atoms with Crippen molar-refractivity contribution in [2.24, 2.45) is 5.73 Å². The second-order valence-corrected chi connectivity index (χ2v) is 8.66. The summed E-state index contributed by atoms with van der Waals surface area (Å²) in [5.41, 5.74) is 7.98. The van der Waals surface area contributed by atoms with Gasteiger partial charge in [0, 0.05) is 47.3 Å². The molecular formula is C21H23ClN2O4S. The molecule has 29 heavy (non-hydrogen) atoms. The predicted octanol–water partition coefficient (Wildman–Crippen LogP) is 2.78. The van der Waals surface area contributed by atoms with Gasteiger partial charge in [-0.3, -0.25) is 19.3 Å². The van der Waals surface area contributed by atoms with Crippen molar-refractivity contribution >= 4 is 40.6 Å².